The number of carbonyl (C=O) groups is 1. The molecule has 3 rings (SSSR count). The summed E-state index contributed by atoms with van der Waals surface area (Å²) in [6.45, 7) is 3.06. The number of hydrogen-bond donors (Lipinski definition) is 7. The zero-order chi connectivity index (χ0) is 35.4. The normalized spacial score (nSPS) is 30.3. The number of ether oxygens (including phenoxy) is 4. The summed E-state index contributed by atoms with van der Waals surface area (Å²) in [4.78, 5) is 48.8. The summed E-state index contributed by atoms with van der Waals surface area (Å²) < 4.78 is 46.0. The maximum atomic E-state index is 12.6. The molecule has 0 bridgehead atoms. The second-order valence-corrected chi connectivity index (χ2v) is 13.5. The lowest BCUT2D eigenvalue weighted by Gasteiger charge is -2.40. The van der Waals surface area contributed by atoms with Crippen LogP contribution in [-0.2, 0) is 37.4 Å². The molecule has 10 atom stereocenters. The Morgan fingerprint density at radius 2 is 1.65 bits per heavy atom. The van der Waals surface area contributed by atoms with Gasteiger partial charge in [-0.3, -0.25) is 28.2 Å². The smallest absolute Gasteiger partial charge is 0.394 e. The number of H-pyrrole nitrogens is 1. The average molecular weight is 712 g/mol. The van der Waals surface area contributed by atoms with E-state index in [1.165, 1.54) is 13.1 Å². The van der Waals surface area contributed by atoms with Gasteiger partial charge in [0.1, 0.15) is 30.5 Å². The molecule has 0 aromatic carbocycles. The SMILES string of the molecule is COP(=O)(O)OC1[C@@H](CO)O[C@@H](n2cc(C)c(=O)[nH]c2=O)[C@H]1OCCCCCCNC(=O)CCCCO[C@@H]1O[C@H](CO)[C@H](O)[C@H](O)[C@H]1C. The molecule has 2 saturated heterocycles. The predicted octanol–water partition coefficient (Wildman–Crippen LogP) is -0.809. The van der Waals surface area contributed by atoms with Gasteiger partial charge in [0.15, 0.2) is 12.5 Å². The van der Waals surface area contributed by atoms with E-state index in [4.69, 9.17) is 23.5 Å². The Hall–Kier alpha value is -2.06. The summed E-state index contributed by atoms with van der Waals surface area (Å²) in [5, 5.41) is 42.1. The van der Waals surface area contributed by atoms with Crippen LogP contribution in [0, 0.1) is 12.8 Å². The van der Waals surface area contributed by atoms with Gasteiger partial charge < -0.3 is 49.6 Å². The fourth-order valence-electron chi connectivity index (χ4n) is 5.47. The molecule has 2 aliphatic heterocycles. The van der Waals surface area contributed by atoms with Crippen molar-refractivity contribution in [3.63, 3.8) is 0 Å². The van der Waals surface area contributed by atoms with Gasteiger partial charge >= 0.3 is 13.5 Å². The molecule has 2 fully saturated rings. The highest BCUT2D eigenvalue weighted by Crippen LogP contribution is 2.48. The van der Waals surface area contributed by atoms with Gasteiger partial charge in [0.25, 0.3) is 5.56 Å². The van der Waals surface area contributed by atoms with Crippen LogP contribution in [0.5, 0.6) is 0 Å². The average Bonchev–Trinajstić information content (AvgIpc) is 3.39. The Morgan fingerprint density at radius 1 is 0.979 bits per heavy atom. The molecule has 0 aliphatic carbocycles. The van der Waals surface area contributed by atoms with E-state index in [0.29, 0.717) is 45.3 Å². The lowest BCUT2D eigenvalue weighted by Crippen LogP contribution is -2.55. The lowest BCUT2D eigenvalue weighted by atomic mass is 9.92. The van der Waals surface area contributed by atoms with Crippen molar-refractivity contribution in [1.82, 2.24) is 14.9 Å². The van der Waals surface area contributed by atoms with Gasteiger partial charge in [-0.2, -0.15) is 0 Å². The minimum Gasteiger partial charge on any atom is -0.394 e. The molecule has 0 saturated carbocycles. The number of phosphoric acid groups is 1. The van der Waals surface area contributed by atoms with Gasteiger partial charge in [-0.15, -0.1) is 0 Å². The number of aromatic amines is 1. The highest BCUT2D eigenvalue weighted by molar-refractivity contribution is 7.47. The van der Waals surface area contributed by atoms with Crippen LogP contribution in [0.25, 0.3) is 0 Å². The molecule has 1 aromatic heterocycles. The van der Waals surface area contributed by atoms with Crippen LogP contribution in [0.4, 0.5) is 0 Å². The van der Waals surface area contributed by atoms with Gasteiger partial charge in [-0.05, 0) is 32.6 Å². The summed E-state index contributed by atoms with van der Waals surface area (Å²) >= 11 is 0. The predicted molar refractivity (Wildman–Crippen MR) is 167 cm³/mol. The van der Waals surface area contributed by atoms with Crippen LogP contribution in [0.2, 0.25) is 0 Å². The molecule has 2 unspecified atom stereocenters. The maximum Gasteiger partial charge on any atom is 0.472 e. The molecule has 7 N–H and O–H groups in total. The first-order valence-electron chi connectivity index (χ1n) is 16.1. The highest BCUT2D eigenvalue weighted by atomic mass is 31.2. The summed E-state index contributed by atoms with van der Waals surface area (Å²) in [6, 6.07) is 0. The van der Waals surface area contributed by atoms with Crippen LogP contribution in [0.1, 0.15) is 63.7 Å². The molecular formula is C29H50N3O15P. The summed E-state index contributed by atoms with van der Waals surface area (Å²) in [6.07, 6.45) is -3.14. The first-order valence-corrected chi connectivity index (χ1v) is 17.6. The summed E-state index contributed by atoms with van der Waals surface area (Å²) in [5.74, 6) is -0.572. The zero-order valence-corrected chi connectivity index (χ0v) is 28.4. The first kappa shape index (κ1) is 40.4. The Kier molecular flexibility index (Phi) is 16.3. The third-order valence-corrected chi connectivity index (χ3v) is 9.31. The molecule has 2 aliphatic rings. The molecule has 19 heteroatoms. The van der Waals surface area contributed by atoms with E-state index in [0.717, 1.165) is 24.5 Å². The number of unbranched alkanes of at least 4 members (excludes halogenated alkanes) is 4. The van der Waals surface area contributed by atoms with Gasteiger partial charge in [0.2, 0.25) is 5.91 Å². The van der Waals surface area contributed by atoms with Crippen LogP contribution in [0.3, 0.4) is 0 Å². The number of nitrogens with zero attached hydrogens (tertiary/aromatic N) is 1. The molecule has 48 heavy (non-hydrogen) atoms. The molecule has 1 aromatic rings. The van der Waals surface area contributed by atoms with Crippen molar-refractivity contribution in [1.29, 1.82) is 0 Å². The van der Waals surface area contributed by atoms with E-state index in [9.17, 15) is 44.3 Å². The molecule has 3 heterocycles. The van der Waals surface area contributed by atoms with Crippen molar-refractivity contribution in [3.8, 4) is 0 Å². The number of carbonyl (C=O) groups excluding carboxylic acids is 1. The van der Waals surface area contributed by atoms with Crippen molar-refractivity contribution in [2.45, 2.75) is 108 Å². The van der Waals surface area contributed by atoms with E-state index < -0.39 is 87.3 Å². The standard InChI is InChI=1S/C29H50N3O15P/c1-17-14-32(29(39)31-26(17)38)27-25(24(20(16-34)45-27)47-48(40,41)42-3)43-12-8-5-4-7-11-30-21(35)10-6-9-13-44-28-18(2)22(36)23(37)19(15-33)46-28/h14,18-20,22-25,27-28,33-34,36-37H,4-13,15-16H2,1-3H3,(H,30,35)(H,40,41)(H,31,38,39)/t18-,19-,20-,22-,23+,24?,25+,27-,28-/m1/s1. The fourth-order valence-corrected chi connectivity index (χ4v) is 6.12. The fraction of sp³-hybridized carbons (Fsp3) is 0.828. The number of aliphatic hydroxyl groups excluding tert-OH is 4. The Labute approximate surface area is 277 Å². The third-order valence-electron chi connectivity index (χ3n) is 8.34. The second kappa shape index (κ2) is 19.4. The van der Waals surface area contributed by atoms with Crippen molar-refractivity contribution >= 4 is 13.7 Å². The zero-order valence-electron chi connectivity index (χ0n) is 27.5. The van der Waals surface area contributed by atoms with Crippen molar-refractivity contribution in [3.05, 3.63) is 32.6 Å². The Morgan fingerprint density at radius 3 is 2.33 bits per heavy atom. The highest BCUT2D eigenvalue weighted by Gasteiger charge is 2.50. The Balaban J connectivity index is 1.36. The van der Waals surface area contributed by atoms with E-state index in [1.54, 1.807) is 6.92 Å². The molecule has 0 radical (unpaired) electrons. The maximum absolute atomic E-state index is 12.6. The summed E-state index contributed by atoms with van der Waals surface area (Å²) in [7, 11) is -3.55. The van der Waals surface area contributed by atoms with Crippen molar-refractivity contribution in [2.75, 3.05) is 40.1 Å². The number of aliphatic hydroxyl groups is 4. The number of phosphoric ester groups is 1. The van der Waals surface area contributed by atoms with Crippen LogP contribution < -0.4 is 16.6 Å². The number of aromatic nitrogens is 2. The van der Waals surface area contributed by atoms with Crippen LogP contribution >= 0.6 is 7.82 Å². The second-order valence-electron chi connectivity index (χ2n) is 11.9. The van der Waals surface area contributed by atoms with E-state index >= 15 is 0 Å². The minimum absolute atomic E-state index is 0.0961. The number of rotatable bonds is 20. The molecule has 276 valence electrons. The number of hydrogen-bond acceptors (Lipinski definition) is 14. The van der Waals surface area contributed by atoms with Gasteiger partial charge in [-0.1, -0.05) is 19.8 Å². The van der Waals surface area contributed by atoms with E-state index in [2.05, 4.69) is 14.8 Å². The van der Waals surface area contributed by atoms with E-state index in [-0.39, 0.29) is 18.1 Å². The van der Waals surface area contributed by atoms with Crippen molar-refractivity contribution < 1.29 is 62.7 Å². The molecule has 18 nitrogen and oxygen atoms in total. The van der Waals surface area contributed by atoms with Gasteiger partial charge in [0, 0.05) is 51.0 Å². The molecule has 0 spiro atoms. The molecular weight excluding hydrogens is 661 g/mol. The van der Waals surface area contributed by atoms with Crippen LogP contribution in [0.15, 0.2) is 15.8 Å². The topological polar surface area (TPSA) is 258 Å². The number of amides is 1. The monoisotopic (exact) mass is 711 g/mol. The van der Waals surface area contributed by atoms with Crippen LogP contribution in [-0.4, -0.2) is 124 Å². The lowest BCUT2D eigenvalue weighted by molar-refractivity contribution is -0.282. The van der Waals surface area contributed by atoms with Gasteiger partial charge in [-0.25, -0.2) is 9.36 Å². The quantitative estimate of drug-likeness (QED) is 0.0645. The Bertz CT molecular complexity index is 1310. The largest absolute Gasteiger partial charge is 0.472 e. The van der Waals surface area contributed by atoms with Gasteiger partial charge in [0.05, 0.1) is 19.3 Å². The number of nitrogens with one attached hydrogen (secondary N) is 2. The van der Waals surface area contributed by atoms with Crippen molar-refractivity contribution in [2.24, 2.45) is 5.92 Å². The summed E-state index contributed by atoms with van der Waals surface area (Å²) in [5.41, 5.74) is -1.16. The first-order chi connectivity index (χ1) is 22.8. The minimum atomic E-state index is -4.54. The van der Waals surface area contributed by atoms with E-state index in [1.807, 2.05) is 0 Å². The number of aryl methyl sites for hydroxylation is 1. The molecule has 1 amide bonds. The third kappa shape index (κ3) is 11.2.